The number of H-pyrrole nitrogens is 2. The molecular weight excluding hydrogens is 409 g/mol. The molecule has 4 rings (SSSR count). The molecule has 0 saturated carbocycles. The molecule has 0 saturated heterocycles. The lowest BCUT2D eigenvalue weighted by atomic mass is 10.0. The number of hydrogen-bond acceptors (Lipinski definition) is 5. The number of nitrogens with one attached hydrogen (secondary N) is 3. The van der Waals surface area contributed by atoms with Crippen molar-refractivity contribution in [2.45, 2.75) is 19.8 Å². The molecular formula is C21H19ClFN5O2. The maximum Gasteiger partial charge on any atom is 0.295 e. The Bertz CT molecular complexity index is 1300. The summed E-state index contributed by atoms with van der Waals surface area (Å²) in [6.07, 6.45) is 1.63. The van der Waals surface area contributed by atoms with Gasteiger partial charge in [0, 0.05) is 22.5 Å². The molecule has 9 heteroatoms. The molecule has 3 aromatic heterocycles. The Morgan fingerprint density at radius 2 is 1.93 bits per heavy atom. The zero-order valence-corrected chi connectivity index (χ0v) is 17.3. The summed E-state index contributed by atoms with van der Waals surface area (Å²) in [4.78, 5) is 27.2. The van der Waals surface area contributed by atoms with Gasteiger partial charge in [-0.3, -0.25) is 9.78 Å². The van der Waals surface area contributed by atoms with Crippen LogP contribution in [0.1, 0.15) is 25.5 Å². The van der Waals surface area contributed by atoms with Crippen molar-refractivity contribution in [3.63, 3.8) is 0 Å². The summed E-state index contributed by atoms with van der Waals surface area (Å²) in [6.45, 7) is 3.91. The first-order chi connectivity index (χ1) is 14.4. The van der Waals surface area contributed by atoms with Crippen LogP contribution in [0.2, 0.25) is 5.02 Å². The average molecular weight is 428 g/mol. The number of anilines is 2. The van der Waals surface area contributed by atoms with E-state index in [-0.39, 0.29) is 17.0 Å². The van der Waals surface area contributed by atoms with Crippen LogP contribution >= 0.6 is 11.6 Å². The molecule has 4 aromatic rings. The third-order valence-electron chi connectivity index (χ3n) is 4.69. The second kappa shape index (κ2) is 7.79. The van der Waals surface area contributed by atoms with Crippen molar-refractivity contribution in [2.75, 3.05) is 12.4 Å². The predicted molar refractivity (Wildman–Crippen MR) is 115 cm³/mol. The van der Waals surface area contributed by atoms with Crippen LogP contribution < -0.4 is 15.6 Å². The maximum atomic E-state index is 14.4. The summed E-state index contributed by atoms with van der Waals surface area (Å²) >= 11 is 6.03. The highest BCUT2D eigenvalue weighted by Crippen LogP contribution is 2.32. The number of ether oxygens (including phenoxy) is 1. The molecule has 7 nitrogen and oxygen atoms in total. The number of rotatable bonds is 5. The molecule has 0 bridgehead atoms. The standard InChI is InChI=1S/C21H19ClFN5O2/c1-10(2)17-16(25-15-6-7-24-19-18(15)27-21(28-19)30-3)9-13(20(29)26-17)12-8-11(22)4-5-14(12)23/h4-10H,1-3H3,(H,26,29)(H2,24,25,27,28). The van der Waals surface area contributed by atoms with Crippen LogP contribution in [-0.4, -0.2) is 27.0 Å². The molecule has 3 N–H and O–H groups in total. The number of imidazole rings is 1. The number of benzene rings is 1. The number of fused-ring (bicyclic) bond motifs is 1. The van der Waals surface area contributed by atoms with Crippen LogP contribution in [0.4, 0.5) is 15.8 Å². The van der Waals surface area contributed by atoms with E-state index in [1.807, 2.05) is 13.8 Å². The number of halogens is 2. The quantitative estimate of drug-likeness (QED) is 0.417. The average Bonchev–Trinajstić information content (AvgIpc) is 3.15. The van der Waals surface area contributed by atoms with E-state index in [1.54, 1.807) is 18.3 Å². The van der Waals surface area contributed by atoms with E-state index in [0.29, 0.717) is 39.3 Å². The van der Waals surface area contributed by atoms with Gasteiger partial charge < -0.3 is 15.0 Å². The van der Waals surface area contributed by atoms with Crippen molar-refractivity contribution in [1.29, 1.82) is 0 Å². The van der Waals surface area contributed by atoms with Crippen LogP contribution in [0.5, 0.6) is 6.01 Å². The Morgan fingerprint density at radius 1 is 1.13 bits per heavy atom. The Kier molecular flexibility index (Phi) is 5.17. The number of aromatic amines is 2. The van der Waals surface area contributed by atoms with Crippen LogP contribution in [0.25, 0.3) is 22.3 Å². The minimum Gasteiger partial charge on any atom is -0.468 e. The first kappa shape index (κ1) is 19.9. The first-order valence-electron chi connectivity index (χ1n) is 9.25. The van der Waals surface area contributed by atoms with Crippen LogP contribution in [0.3, 0.4) is 0 Å². The Hall–Kier alpha value is -3.39. The van der Waals surface area contributed by atoms with Crippen LogP contribution in [0.15, 0.2) is 41.3 Å². The minimum absolute atomic E-state index is 0.00417. The lowest BCUT2D eigenvalue weighted by molar-refractivity contribution is 0.386. The number of aromatic nitrogens is 4. The van der Waals surface area contributed by atoms with E-state index in [0.717, 1.165) is 0 Å². The molecule has 0 unspecified atom stereocenters. The lowest BCUT2D eigenvalue weighted by Gasteiger charge is -2.16. The minimum atomic E-state index is -0.531. The molecule has 0 spiro atoms. The zero-order valence-electron chi connectivity index (χ0n) is 16.5. The summed E-state index contributed by atoms with van der Waals surface area (Å²) in [5.41, 5.74) is 2.99. The van der Waals surface area contributed by atoms with Gasteiger partial charge in [0.15, 0.2) is 5.65 Å². The van der Waals surface area contributed by atoms with Crippen molar-refractivity contribution in [3.05, 3.63) is 63.4 Å². The van der Waals surface area contributed by atoms with E-state index < -0.39 is 11.4 Å². The van der Waals surface area contributed by atoms with E-state index in [4.69, 9.17) is 16.3 Å². The van der Waals surface area contributed by atoms with E-state index >= 15 is 0 Å². The predicted octanol–water partition coefficient (Wildman–Crippen LogP) is 4.98. The molecule has 0 aliphatic rings. The molecule has 0 fully saturated rings. The Labute approximate surface area is 176 Å². The van der Waals surface area contributed by atoms with Crippen molar-refractivity contribution in [3.8, 4) is 17.1 Å². The van der Waals surface area contributed by atoms with Crippen LogP contribution in [-0.2, 0) is 0 Å². The number of pyridine rings is 2. The van der Waals surface area contributed by atoms with E-state index in [2.05, 4.69) is 25.3 Å². The van der Waals surface area contributed by atoms with Gasteiger partial charge in [0.2, 0.25) is 0 Å². The molecule has 1 aromatic carbocycles. The highest BCUT2D eigenvalue weighted by molar-refractivity contribution is 6.30. The van der Waals surface area contributed by atoms with Gasteiger partial charge in [0.1, 0.15) is 11.3 Å². The molecule has 154 valence electrons. The van der Waals surface area contributed by atoms with Gasteiger partial charge >= 0.3 is 0 Å². The number of methoxy groups -OCH3 is 1. The highest BCUT2D eigenvalue weighted by Gasteiger charge is 2.17. The zero-order chi connectivity index (χ0) is 21.4. The van der Waals surface area contributed by atoms with Crippen LogP contribution in [0, 0.1) is 5.82 Å². The second-order valence-electron chi connectivity index (χ2n) is 7.05. The lowest BCUT2D eigenvalue weighted by Crippen LogP contribution is -2.15. The van der Waals surface area contributed by atoms with Gasteiger partial charge in [-0.25, -0.2) is 9.37 Å². The Morgan fingerprint density at radius 3 is 2.67 bits per heavy atom. The van der Waals surface area contributed by atoms with Gasteiger partial charge in [-0.2, -0.15) is 4.98 Å². The highest BCUT2D eigenvalue weighted by atomic mass is 35.5. The molecule has 0 amide bonds. The van der Waals surface area contributed by atoms with Crippen molar-refractivity contribution >= 4 is 34.1 Å². The first-order valence-corrected chi connectivity index (χ1v) is 9.63. The van der Waals surface area contributed by atoms with Crippen molar-refractivity contribution < 1.29 is 9.13 Å². The monoisotopic (exact) mass is 427 g/mol. The third kappa shape index (κ3) is 3.61. The van der Waals surface area contributed by atoms with Gasteiger partial charge in [-0.15, -0.1) is 0 Å². The summed E-state index contributed by atoms with van der Waals surface area (Å²) in [5, 5.41) is 3.64. The normalized spacial score (nSPS) is 11.3. The number of nitrogens with zero attached hydrogens (tertiary/aromatic N) is 2. The molecule has 0 aliphatic heterocycles. The van der Waals surface area contributed by atoms with Gasteiger partial charge in [-0.05, 0) is 36.2 Å². The fraction of sp³-hybridized carbons (Fsp3) is 0.190. The second-order valence-corrected chi connectivity index (χ2v) is 7.48. The van der Waals surface area contributed by atoms with E-state index in [9.17, 15) is 9.18 Å². The molecule has 30 heavy (non-hydrogen) atoms. The van der Waals surface area contributed by atoms with Crippen molar-refractivity contribution in [2.24, 2.45) is 0 Å². The molecule has 0 atom stereocenters. The largest absolute Gasteiger partial charge is 0.468 e. The summed E-state index contributed by atoms with van der Waals surface area (Å²) < 4.78 is 19.6. The molecule has 3 heterocycles. The summed E-state index contributed by atoms with van der Waals surface area (Å²) in [7, 11) is 1.51. The van der Waals surface area contributed by atoms with Gasteiger partial charge in [0.05, 0.1) is 24.0 Å². The smallest absolute Gasteiger partial charge is 0.295 e. The van der Waals surface area contributed by atoms with Crippen molar-refractivity contribution in [1.82, 2.24) is 19.9 Å². The third-order valence-corrected chi connectivity index (χ3v) is 4.93. The summed E-state index contributed by atoms with van der Waals surface area (Å²) in [6, 6.07) is 7.83. The molecule has 0 aliphatic carbocycles. The van der Waals surface area contributed by atoms with Gasteiger partial charge in [-0.1, -0.05) is 25.4 Å². The maximum absolute atomic E-state index is 14.4. The SMILES string of the molecule is COc1nc2c(Nc3cc(-c4cc(Cl)ccc4F)c(=O)[nH]c3C(C)C)ccnc2[nH]1. The summed E-state index contributed by atoms with van der Waals surface area (Å²) in [5.74, 6) is -0.527. The number of hydrogen-bond donors (Lipinski definition) is 3. The van der Waals surface area contributed by atoms with Gasteiger partial charge in [0.25, 0.3) is 11.6 Å². The molecule has 0 radical (unpaired) electrons. The fourth-order valence-corrected chi connectivity index (χ4v) is 3.41. The fourth-order valence-electron chi connectivity index (χ4n) is 3.24. The topological polar surface area (TPSA) is 95.7 Å². The van der Waals surface area contributed by atoms with E-state index in [1.165, 1.54) is 25.3 Å². The Balaban J connectivity index is 1.88.